The lowest BCUT2D eigenvalue weighted by Gasteiger charge is -2.30. The number of likely N-dealkylation sites (tertiary alicyclic amines) is 1. The molecular weight excluding hydrogens is 300 g/mol. The number of anilines is 1. The molecule has 2 heterocycles. The summed E-state index contributed by atoms with van der Waals surface area (Å²) >= 11 is 0. The van der Waals surface area contributed by atoms with Crippen LogP contribution in [0.1, 0.15) is 23.5 Å². The summed E-state index contributed by atoms with van der Waals surface area (Å²) in [6.45, 7) is 6.94. The van der Waals surface area contributed by atoms with Gasteiger partial charge in [0.05, 0.1) is 5.60 Å². The second-order valence-electron chi connectivity index (χ2n) is 6.94. The van der Waals surface area contributed by atoms with Gasteiger partial charge < -0.3 is 10.0 Å². The molecule has 2 aromatic rings. The summed E-state index contributed by atoms with van der Waals surface area (Å²) < 4.78 is 0. The van der Waals surface area contributed by atoms with Crippen LogP contribution < -0.4 is 4.90 Å². The van der Waals surface area contributed by atoms with E-state index in [2.05, 4.69) is 39.1 Å². The number of aryl methyl sites for hydroxylation is 2. The van der Waals surface area contributed by atoms with Gasteiger partial charge in [0.1, 0.15) is 11.6 Å². The molecule has 24 heavy (non-hydrogen) atoms. The van der Waals surface area contributed by atoms with Gasteiger partial charge in [-0.15, -0.1) is 0 Å². The molecule has 5 heteroatoms. The van der Waals surface area contributed by atoms with Crippen LogP contribution in [0, 0.1) is 13.8 Å². The van der Waals surface area contributed by atoms with E-state index in [-0.39, 0.29) is 0 Å². The summed E-state index contributed by atoms with van der Waals surface area (Å²) in [5.74, 6) is 1.64. The van der Waals surface area contributed by atoms with Gasteiger partial charge in [-0.3, -0.25) is 4.90 Å². The van der Waals surface area contributed by atoms with Crippen molar-refractivity contribution < 1.29 is 5.11 Å². The first-order valence-corrected chi connectivity index (χ1v) is 8.46. The van der Waals surface area contributed by atoms with E-state index in [1.54, 1.807) is 0 Å². The van der Waals surface area contributed by atoms with Crippen molar-refractivity contribution in [3.8, 4) is 0 Å². The lowest BCUT2D eigenvalue weighted by atomic mass is 10.0. The van der Waals surface area contributed by atoms with Crippen molar-refractivity contribution in [2.75, 3.05) is 31.6 Å². The smallest absolute Gasteiger partial charge is 0.132 e. The Morgan fingerprint density at radius 3 is 2.67 bits per heavy atom. The minimum absolute atomic E-state index is 0.578. The van der Waals surface area contributed by atoms with Crippen LogP contribution >= 0.6 is 0 Å². The first kappa shape index (κ1) is 16.9. The lowest BCUT2D eigenvalue weighted by molar-refractivity contribution is 0.0561. The molecule has 128 valence electrons. The highest BCUT2D eigenvalue weighted by molar-refractivity contribution is 5.39. The summed E-state index contributed by atoms with van der Waals surface area (Å²) in [4.78, 5) is 13.2. The van der Waals surface area contributed by atoms with Gasteiger partial charge in [0.15, 0.2) is 0 Å². The van der Waals surface area contributed by atoms with Crippen molar-refractivity contribution in [2.24, 2.45) is 0 Å². The fourth-order valence-electron chi connectivity index (χ4n) is 3.46. The Morgan fingerprint density at radius 1 is 1.21 bits per heavy atom. The van der Waals surface area contributed by atoms with E-state index in [1.165, 1.54) is 5.56 Å². The summed E-state index contributed by atoms with van der Waals surface area (Å²) in [5, 5.41) is 11.0. The number of β-amino-alcohol motifs (C(OH)–C–C–N with tert-alkyl or cyclic N) is 1. The minimum atomic E-state index is -0.698. The normalized spacial score (nSPS) is 21.2. The lowest BCUT2D eigenvalue weighted by Crippen LogP contribution is -2.44. The Balaban J connectivity index is 1.62. The van der Waals surface area contributed by atoms with Gasteiger partial charge >= 0.3 is 0 Å². The second kappa shape index (κ2) is 6.87. The molecule has 0 saturated carbocycles. The van der Waals surface area contributed by atoms with Crippen molar-refractivity contribution in [2.45, 2.75) is 32.4 Å². The van der Waals surface area contributed by atoms with Crippen molar-refractivity contribution in [3.63, 3.8) is 0 Å². The van der Waals surface area contributed by atoms with Crippen molar-refractivity contribution in [1.82, 2.24) is 14.9 Å². The van der Waals surface area contributed by atoms with Gasteiger partial charge in [-0.25, -0.2) is 9.97 Å². The number of aliphatic hydroxyl groups is 1. The van der Waals surface area contributed by atoms with Crippen LogP contribution in [0.4, 0.5) is 5.82 Å². The Hall–Kier alpha value is -1.98. The van der Waals surface area contributed by atoms with Gasteiger partial charge in [0, 0.05) is 45.0 Å². The maximum atomic E-state index is 11.0. The molecule has 1 aromatic heterocycles. The van der Waals surface area contributed by atoms with Gasteiger partial charge in [-0.05, 0) is 25.8 Å². The van der Waals surface area contributed by atoms with Crippen molar-refractivity contribution >= 4 is 5.82 Å². The fourth-order valence-corrected chi connectivity index (χ4v) is 3.46. The van der Waals surface area contributed by atoms with E-state index in [4.69, 9.17) is 0 Å². The van der Waals surface area contributed by atoms with Crippen LogP contribution in [0.25, 0.3) is 0 Å². The van der Waals surface area contributed by atoms with E-state index in [9.17, 15) is 5.11 Å². The first-order chi connectivity index (χ1) is 11.4. The van der Waals surface area contributed by atoms with Crippen molar-refractivity contribution in [1.29, 1.82) is 0 Å². The number of nitrogens with zero attached hydrogens (tertiary/aromatic N) is 4. The van der Waals surface area contributed by atoms with Crippen molar-refractivity contribution in [3.05, 3.63) is 53.5 Å². The number of hydrogen-bond acceptors (Lipinski definition) is 5. The highest BCUT2D eigenvalue weighted by atomic mass is 16.3. The SMILES string of the molecule is Cc1cc(N(C)CC2(O)CCN(Cc3ccccc3)C2)nc(C)n1. The zero-order chi connectivity index (χ0) is 17.2. The van der Waals surface area contributed by atoms with Crippen LogP contribution in [0.15, 0.2) is 36.4 Å². The molecule has 1 N–H and O–H groups in total. The second-order valence-corrected chi connectivity index (χ2v) is 6.94. The maximum absolute atomic E-state index is 11.0. The third kappa shape index (κ3) is 4.10. The molecule has 1 saturated heterocycles. The average Bonchev–Trinajstić information content (AvgIpc) is 2.88. The molecule has 0 bridgehead atoms. The van der Waals surface area contributed by atoms with Crippen LogP contribution in [0.3, 0.4) is 0 Å². The number of rotatable bonds is 5. The van der Waals surface area contributed by atoms with E-state index >= 15 is 0 Å². The average molecular weight is 326 g/mol. The highest BCUT2D eigenvalue weighted by Crippen LogP contribution is 2.25. The molecule has 0 radical (unpaired) electrons. The molecule has 0 aliphatic carbocycles. The van der Waals surface area contributed by atoms with Gasteiger partial charge in [-0.1, -0.05) is 30.3 Å². The third-order valence-electron chi connectivity index (χ3n) is 4.54. The molecule has 0 spiro atoms. The Morgan fingerprint density at radius 2 is 1.96 bits per heavy atom. The molecule has 5 nitrogen and oxygen atoms in total. The molecule has 0 amide bonds. The van der Waals surface area contributed by atoms with Gasteiger partial charge in [0.25, 0.3) is 0 Å². The Kier molecular flexibility index (Phi) is 4.83. The first-order valence-electron chi connectivity index (χ1n) is 8.46. The standard InChI is InChI=1S/C19H26N4O/c1-15-11-18(21-16(2)20-15)22(3)13-19(24)9-10-23(14-19)12-17-7-5-4-6-8-17/h4-8,11,24H,9-10,12-14H2,1-3H3. The molecule has 3 rings (SSSR count). The van der Waals surface area contributed by atoms with Crippen LogP contribution in [-0.2, 0) is 6.54 Å². The number of hydrogen-bond donors (Lipinski definition) is 1. The fraction of sp³-hybridized carbons (Fsp3) is 0.474. The largest absolute Gasteiger partial charge is 0.387 e. The minimum Gasteiger partial charge on any atom is -0.387 e. The zero-order valence-corrected chi connectivity index (χ0v) is 14.7. The van der Waals surface area contributed by atoms with Crippen LogP contribution in [0.2, 0.25) is 0 Å². The summed E-state index contributed by atoms with van der Waals surface area (Å²) in [5.41, 5.74) is 1.54. The van der Waals surface area contributed by atoms with Gasteiger partial charge in [-0.2, -0.15) is 0 Å². The highest BCUT2D eigenvalue weighted by Gasteiger charge is 2.37. The van der Waals surface area contributed by atoms with Crippen LogP contribution in [-0.4, -0.2) is 52.3 Å². The molecule has 1 aliphatic rings. The number of benzene rings is 1. The van der Waals surface area contributed by atoms with Crippen LogP contribution in [0.5, 0.6) is 0 Å². The monoisotopic (exact) mass is 326 g/mol. The topological polar surface area (TPSA) is 52.5 Å². The molecule has 1 atom stereocenters. The molecule has 1 fully saturated rings. The van der Waals surface area contributed by atoms with E-state index in [0.29, 0.717) is 13.1 Å². The molecule has 1 aromatic carbocycles. The quantitative estimate of drug-likeness (QED) is 0.912. The number of likely N-dealkylation sites (N-methyl/N-ethyl adjacent to an activating group) is 1. The molecule has 1 aliphatic heterocycles. The maximum Gasteiger partial charge on any atom is 0.132 e. The van der Waals surface area contributed by atoms with E-state index in [0.717, 1.165) is 36.8 Å². The number of aromatic nitrogens is 2. The predicted octanol–water partition coefficient (Wildman–Crippen LogP) is 2.17. The predicted molar refractivity (Wildman–Crippen MR) is 96.1 cm³/mol. The summed E-state index contributed by atoms with van der Waals surface area (Å²) in [6, 6.07) is 12.4. The third-order valence-corrected chi connectivity index (χ3v) is 4.54. The Labute approximate surface area is 144 Å². The Bertz CT molecular complexity index is 671. The van der Waals surface area contributed by atoms with Gasteiger partial charge in [0.2, 0.25) is 0 Å². The zero-order valence-electron chi connectivity index (χ0n) is 14.7. The molecular formula is C19H26N4O. The summed E-state index contributed by atoms with van der Waals surface area (Å²) in [7, 11) is 1.99. The molecule has 1 unspecified atom stereocenters. The van der Waals surface area contributed by atoms with E-state index in [1.807, 2.05) is 37.9 Å². The summed E-state index contributed by atoms with van der Waals surface area (Å²) in [6.07, 6.45) is 0.785. The van der Waals surface area contributed by atoms with E-state index < -0.39 is 5.60 Å².